The highest BCUT2D eigenvalue weighted by molar-refractivity contribution is 7.14. The molecule has 1 fully saturated rings. The Hall–Kier alpha value is -1.73. The van der Waals surface area contributed by atoms with Crippen molar-refractivity contribution in [2.24, 2.45) is 0 Å². The maximum atomic E-state index is 12.2. The first-order valence-electron chi connectivity index (χ1n) is 7.28. The van der Waals surface area contributed by atoms with Gasteiger partial charge in [-0.25, -0.2) is 4.98 Å². The molecule has 7 heteroatoms. The van der Waals surface area contributed by atoms with Gasteiger partial charge in [-0.2, -0.15) is 11.3 Å². The number of nitrogens with zero attached hydrogens (tertiary/aromatic N) is 2. The Morgan fingerprint density at radius 1 is 1.23 bits per heavy atom. The molecular weight excluding hydrogens is 318 g/mol. The summed E-state index contributed by atoms with van der Waals surface area (Å²) in [5.74, 6) is -0.0368. The van der Waals surface area contributed by atoms with Crippen molar-refractivity contribution >= 4 is 39.6 Å². The van der Waals surface area contributed by atoms with Gasteiger partial charge in [0, 0.05) is 23.8 Å². The molecule has 0 spiro atoms. The monoisotopic (exact) mass is 335 g/mol. The number of carbonyl (C=O) groups excluding carboxylic acids is 2. The smallest absolute Gasteiger partial charge is 0.258 e. The van der Waals surface area contributed by atoms with Crippen molar-refractivity contribution in [2.45, 2.75) is 25.7 Å². The quantitative estimate of drug-likeness (QED) is 0.934. The third-order valence-electron chi connectivity index (χ3n) is 3.60. The second-order valence-electron chi connectivity index (χ2n) is 5.23. The average molecular weight is 335 g/mol. The number of hydrogen-bond donors (Lipinski definition) is 1. The van der Waals surface area contributed by atoms with E-state index in [0.717, 1.165) is 31.6 Å². The van der Waals surface area contributed by atoms with Gasteiger partial charge in [-0.15, -0.1) is 11.3 Å². The summed E-state index contributed by atoms with van der Waals surface area (Å²) >= 11 is 2.83. The molecule has 1 saturated heterocycles. The zero-order valence-corrected chi connectivity index (χ0v) is 13.7. The van der Waals surface area contributed by atoms with Crippen molar-refractivity contribution in [3.8, 4) is 0 Å². The number of rotatable bonds is 4. The predicted octanol–water partition coefficient (Wildman–Crippen LogP) is 3.01. The standard InChI is InChI=1S/C15H17N3O2S2/c19-13(18-5-2-1-3-6-18)8-12-10-22-15(16-12)17-14(20)11-4-7-21-9-11/h4,7,9-10H,1-3,5-6,8H2,(H,16,17,20). The molecule has 2 amide bonds. The minimum absolute atomic E-state index is 0.126. The highest BCUT2D eigenvalue weighted by Gasteiger charge is 2.18. The van der Waals surface area contributed by atoms with Crippen LogP contribution in [0.1, 0.15) is 35.3 Å². The van der Waals surface area contributed by atoms with Crippen molar-refractivity contribution in [3.63, 3.8) is 0 Å². The van der Waals surface area contributed by atoms with E-state index in [0.29, 0.717) is 17.1 Å². The Balaban J connectivity index is 1.56. The molecule has 5 nitrogen and oxygen atoms in total. The summed E-state index contributed by atoms with van der Waals surface area (Å²) in [6.45, 7) is 1.70. The molecule has 0 aromatic carbocycles. The van der Waals surface area contributed by atoms with Crippen LogP contribution in [0.5, 0.6) is 0 Å². The second-order valence-corrected chi connectivity index (χ2v) is 6.87. The highest BCUT2D eigenvalue weighted by atomic mass is 32.1. The van der Waals surface area contributed by atoms with Crippen LogP contribution in [-0.4, -0.2) is 34.8 Å². The fourth-order valence-electron chi connectivity index (χ4n) is 2.42. The summed E-state index contributed by atoms with van der Waals surface area (Å²) in [6, 6.07) is 1.77. The first-order valence-corrected chi connectivity index (χ1v) is 9.10. The average Bonchev–Trinajstić information content (AvgIpc) is 3.20. The van der Waals surface area contributed by atoms with Crippen molar-refractivity contribution in [1.82, 2.24) is 9.88 Å². The lowest BCUT2D eigenvalue weighted by atomic mass is 10.1. The van der Waals surface area contributed by atoms with Crippen molar-refractivity contribution in [1.29, 1.82) is 0 Å². The SMILES string of the molecule is O=C(Nc1nc(CC(=O)N2CCCCC2)cs1)c1ccsc1. The molecule has 0 saturated carbocycles. The molecule has 1 N–H and O–H groups in total. The van der Waals surface area contributed by atoms with E-state index >= 15 is 0 Å². The third kappa shape index (κ3) is 3.72. The molecule has 0 unspecified atom stereocenters. The molecule has 3 heterocycles. The number of hydrogen-bond acceptors (Lipinski definition) is 5. The minimum Gasteiger partial charge on any atom is -0.342 e. The lowest BCUT2D eigenvalue weighted by molar-refractivity contribution is -0.131. The second kappa shape index (κ2) is 7.02. The van der Waals surface area contributed by atoms with E-state index in [1.807, 2.05) is 15.7 Å². The molecule has 2 aromatic heterocycles. The molecule has 0 atom stereocenters. The van der Waals surface area contributed by atoms with Crippen LogP contribution < -0.4 is 5.32 Å². The molecule has 116 valence electrons. The summed E-state index contributed by atoms with van der Waals surface area (Å²) < 4.78 is 0. The summed E-state index contributed by atoms with van der Waals surface area (Å²) in [7, 11) is 0. The van der Waals surface area contributed by atoms with Crippen LogP contribution in [0, 0.1) is 0 Å². The molecule has 0 bridgehead atoms. The van der Waals surface area contributed by atoms with Gasteiger partial charge in [-0.3, -0.25) is 14.9 Å². The Bertz CT molecular complexity index is 646. The lowest BCUT2D eigenvalue weighted by Crippen LogP contribution is -2.36. The Labute approximate surface area is 137 Å². The molecular formula is C15H17N3O2S2. The Morgan fingerprint density at radius 3 is 2.77 bits per heavy atom. The van der Waals surface area contributed by atoms with E-state index in [1.54, 1.807) is 11.4 Å². The molecule has 2 aromatic rings. The topological polar surface area (TPSA) is 62.3 Å². The van der Waals surface area contributed by atoms with Gasteiger partial charge < -0.3 is 4.90 Å². The van der Waals surface area contributed by atoms with Gasteiger partial charge in [0.05, 0.1) is 17.7 Å². The summed E-state index contributed by atoms with van der Waals surface area (Å²) in [4.78, 5) is 30.4. The van der Waals surface area contributed by atoms with E-state index in [-0.39, 0.29) is 11.8 Å². The highest BCUT2D eigenvalue weighted by Crippen LogP contribution is 2.19. The van der Waals surface area contributed by atoms with E-state index < -0.39 is 0 Å². The van der Waals surface area contributed by atoms with Gasteiger partial charge in [0.2, 0.25) is 5.91 Å². The van der Waals surface area contributed by atoms with Gasteiger partial charge in [0.1, 0.15) is 0 Å². The fourth-order valence-corrected chi connectivity index (χ4v) is 3.76. The summed E-state index contributed by atoms with van der Waals surface area (Å²) in [5, 5.41) is 8.80. The maximum Gasteiger partial charge on any atom is 0.258 e. The van der Waals surface area contributed by atoms with Crippen LogP contribution in [-0.2, 0) is 11.2 Å². The first-order chi connectivity index (χ1) is 10.7. The predicted molar refractivity (Wildman–Crippen MR) is 88.5 cm³/mol. The lowest BCUT2D eigenvalue weighted by Gasteiger charge is -2.26. The molecule has 22 heavy (non-hydrogen) atoms. The molecule has 3 rings (SSSR count). The van der Waals surface area contributed by atoms with Crippen LogP contribution in [0.4, 0.5) is 5.13 Å². The number of amides is 2. The van der Waals surface area contributed by atoms with Crippen LogP contribution in [0.15, 0.2) is 22.2 Å². The molecule has 1 aliphatic rings. The zero-order chi connectivity index (χ0) is 15.4. The minimum atomic E-state index is -0.162. The number of thiophene rings is 1. The fraction of sp³-hybridized carbons (Fsp3) is 0.400. The number of likely N-dealkylation sites (tertiary alicyclic amines) is 1. The molecule has 1 aliphatic heterocycles. The number of anilines is 1. The van der Waals surface area contributed by atoms with Crippen LogP contribution in [0.2, 0.25) is 0 Å². The van der Waals surface area contributed by atoms with Gasteiger partial charge in [0.15, 0.2) is 5.13 Å². The number of piperidine rings is 1. The number of aromatic nitrogens is 1. The van der Waals surface area contributed by atoms with E-state index in [2.05, 4.69) is 10.3 Å². The maximum absolute atomic E-state index is 12.2. The summed E-state index contributed by atoms with van der Waals surface area (Å²) in [5.41, 5.74) is 1.35. The van der Waals surface area contributed by atoms with Crippen LogP contribution in [0.25, 0.3) is 0 Å². The third-order valence-corrected chi connectivity index (χ3v) is 5.09. The van der Waals surface area contributed by atoms with E-state index in [9.17, 15) is 9.59 Å². The molecule has 0 radical (unpaired) electrons. The Kier molecular flexibility index (Phi) is 4.84. The first kappa shape index (κ1) is 15.2. The largest absolute Gasteiger partial charge is 0.342 e. The Morgan fingerprint density at radius 2 is 2.05 bits per heavy atom. The van der Waals surface area contributed by atoms with Crippen molar-refractivity contribution in [3.05, 3.63) is 33.5 Å². The van der Waals surface area contributed by atoms with Crippen LogP contribution in [0.3, 0.4) is 0 Å². The van der Waals surface area contributed by atoms with Gasteiger partial charge in [-0.1, -0.05) is 0 Å². The van der Waals surface area contributed by atoms with Crippen molar-refractivity contribution < 1.29 is 9.59 Å². The van der Waals surface area contributed by atoms with Gasteiger partial charge in [-0.05, 0) is 30.7 Å². The summed E-state index contributed by atoms with van der Waals surface area (Å²) in [6.07, 6.45) is 3.69. The normalized spacial score (nSPS) is 14.8. The van der Waals surface area contributed by atoms with E-state index in [1.165, 1.54) is 29.1 Å². The van der Waals surface area contributed by atoms with Crippen molar-refractivity contribution in [2.75, 3.05) is 18.4 Å². The zero-order valence-electron chi connectivity index (χ0n) is 12.1. The van der Waals surface area contributed by atoms with Gasteiger partial charge in [0.25, 0.3) is 5.91 Å². The molecule has 0 aliphatic carbocycles. The van der Waals surface area contributed by atoms with Gasteiger partial charge >= 0.3 is 0 Å². The number of nitrogens with one attached hydrogen (secondary N) is 1. The van der Waals surface area contributed by atoms with Crippen LogP contribution >= 0.6 is 22.7 Å². The number of carbonyl (C=O) groups is 2. The number of thiazole rings is 1. The van der Waals surface area contributed by atoms with E-state index in [4.69, 9.17) is 0 Å².